The Bertz CT molecular complexity index is 209. The Kier molecular flexibility index (Phi) is 2.08. The zero-order chi connectivity index (χ0) is 8.48. The zero-order valence-electron chi connectivity index (χ0n) is 7.48. The van der Waals surface area contributed by atoms with E-state index in [1.54, 1.807) is 7.11 Å². The van der Waals surface area contributed by atoms with E-state index in [-0.39, 0.29) is 5.41 Å². The van der Waals surface area contributed by atoms with Crippen LogP contribution in [0.3, 0.4) is 0 Å². The van der Waals surface area contributed by atoms with E-state index < -0.39 is 0 Å². The van der Waals surface area contributed by atoms with Gasteiger partial charge in [-0.15, -0.1) is 0 Å². The highest BCUT2D eigenvalue weighted by Gasteiger charge is 2.26. The van der Waals surface area contributed by atoms with Crippen molar-refractivity contribution in [2.75, 3.05) is 7.11 Å². The largest absolute Gasteiger partial charge is 0.501 e. The van der Waals surface area contributed by atoms with Crippen LogP contribution in [0.5, 0.6) is 0 Å². The van der Waals surface area contributed by atoms with Gasteiger partial charge in [-0.05, 0) is 19.4 Å². The first kappa shape index (κ1) is 8.38. The molecule has 1 nitrogen and oxygen atoms in total. The highest BCUT2D eigenvalue weighted by Crippen LogP contribution is 2.36. The lowest BCUT2D eigenvalue weighted by molar-refractivity contribution is 0.191. The van der Waals surface area contributed by atoms with E-state index in [1.807, 2.05) is 12.2 Å². The minimum atomic E-state index is 0.126. The average molecular weight is 151 g/mol. The Morgan fingerprint density at radius 1 is 1.45 bits per heavy atom. The van der Waals surface area contributed by atoms with Crippen LogP contribution in [0.25, 0.3) is 0 Å². The molecular formula is C10H15O. The van der Waals surface area contributed by atoms with Crippen molar-refractivity contribution < 1.29 is 4.74 Å². The Morgan fingerprint density at radius 2 is 2.09 bits per heavy atom. The van der Waals surface area contributed by atoms with Crippen molar-refractivity contribution in [1.29, 1.82) is 0 Å². The lowest BCUT2D eigenvalue weighted by Crippen LogP contribution is -2.18. The monoisotopic (exact) mass is 151 g/mol. The standard InChI is InChI=1S/C10H15O/c1-8-5-6-9(11-4)10(2,3)7-8/h5-6H,1,7H2,2-4H3. The highest BCUT2D eigenvalue weighted by atomic mass is 16.5. The second kappa shape index (κ2) is 2.72. The van der Waals surface area contributed by atoms with Crippen molar-refractivity contribution in [3.05, 3.63) is 30.4 Å². The van der Waals surface area contributed by atoms with E-state index in [9.17, 15) is 0 Å². The molecule has 0 spiro atoms. The fourth-order valence-electron chi connectivity index (χ4n) is 1.48. The molecule has 1 rings (SSSR count). The van der Waals surface area contributed by atoms with Crippen LogP contribution in [0, 0.1) is 12.3 Å². The van der Waals surface area contributed by atoms with Crippen LogP contribution >= 0.6 is 0 Å². The van der Waals surface area contributed by atoms with Crippen molar-refractivity contribution in [3.8, 4) is 0 Å². The maximum Gasteiger partial charge on any atom is 0.101 e. The molecule has 0 saturated carbocycles. The lowest BCUT2D eigenvalue weighted by atomic mass is 9.81. The molecule has 0 fully saturated rings. The molecule has 1 aliphatic carbocycles. The second-order valence-corrected chi connectivity index (χ2v) is 3.62. The topological polar surface area (TPSA) is 9.23 Å². The van der Waals surface area contributed by atoms with Crippen molar-refractivity contribution in [2.45, 2.75) is 20.3 Å². The van der Waals surface area contributed by atoms with Crippen LogP contribution < -0.4 is 0 Å². The third-order valence-corrected chi connectivity index (χ3v) is 2.03. The molecule has 0 bridgehead atoms. The number of allylic oxidation sites excluding steroid dienone is 4. The first-order valence-electron chi connectivity index (χ1n) is 3.83. The number of hydrogen-bond donors (Lipinski definition) is 0. The normalized spacial score (nSPS) is 22.2. The van der Waals surface area contributed by atoms with Gasteiger partial charge in [0, 0.05) is 5.41 Å². The highest BCUT2D eigenvalue weighted by molar-refractivity contribution is 5.27. The summed E-state index contributed by atoms with van der Waals surface area (Å²) in [5.41, 5.74) is 1.30. The molecule has 0 aromatic heterocycles. The van der Waals surface area contributed by atoms with Crippen molar-refractivity contribution >= 4 is 0 Å². The molecular weight excluding hydrogens is 136 g/mol. The van der Waals surface area contributed by atoms with Crippen LogP contribution in [0.1, 0.15) is 20.3 Å². The number of rotatable bonds is 1. The van der Waals surface area contributed by atoms with Crippen LogP contribution in [0.2, 0.25) is 0 Å². The molecule has 0 unspecified atom stereocenters. The maximum absolute atomic E-state index is 5.24. The van der Waals surface area contributed by atoms with Gasteiger partial charge in [-0.25, -0.2) is 0 Å². The van der Waals surface area contributed by atoms with Gasteiger partial charge in [0.05, 0.1) is 7.11 Å². The van der Waals surface area contributed by atoms with E-state index in [0.29, 0.717) is 0 Å². The summed E-state index contributed by atoms with van der Waals surface area (Å²) >= 11 is 0. The van der Waals surface area contributed by atoms with E-state index in [0.717, 1.165) is 12.2 Å². The fourth-order valence-corrected chi connectivity index (χ4v) is 1.48. The van der Waals surface area contributed by atoms with E-state index in [2.05, 4.69) is 20.8 Å². The van der Waals surface area contributed by atoms with Gasteiger partial charge >= 0.3 is 0 Å². The molecule has 0 aliphatic heterocycles. The summed E-state index contributed by atoms with van der Waals surface area (Å²) in [6.07, 6.45) is 5.02. The predicted octanol–water partition coefficient (Wildman–Crippen LogP) is 2.71. The molecule has 0 aromatic rings. The fraction of sp³-hybridized carbons (Fsp3) is 0.500. The summed E-state index contributed by atoms with van der Waals surface area (Å²) in [6, 6.07) is 0. The first-order chi connectivity index (χ1) is 5.06. The van der Waals surface area contributed by atoms with Gasteiger partial charge in [0.15, 0.2) is 0 Å². The lowest BCUT2D eigenvalue weighted by Gasteiger charge is -2.29. The van der Waals surface area contributed by atoms with Gasteiger partial charge < -0.3 is 4.74 Å². The van der Waals surface area contributed by atoms with E-state index in [1.165, 1.54) is 5.57 Å². The molecule has 0 saturated heterocycles. The average Bonchev–Trinajstić information content (AvgIpc) is 1.85. The molecule has 1 radical (unpaired) electrons. The number of hydrogen-bond acceptors (Lipinski definition) is 1. The Balaban J connectivity index is 2.89. The smallest absolute Gasteiger partial charge is 0.101 e. The molecule has 0 heterocycles. The molecule has 1 heteroatoms. The summed E-state index contributed by atoms with van der Waals surface area (Å²) in [5, 5.41) is 0. The second-order valence-electron chi connectivity index (χ2n) is 3.62. The predicted molar refractivity (Wildman–Crippen MR) is 46.9 cm³/mol. The van der Waals surface area contributed by atoms with Crippen LogP contribution in [-0.2, 0) is 4.74 Å². The third-order valence-electron chi connectivity index (χ3n) is 2.03. The van der Waals surface area contributed by atoms with Crippen LogP contribution in [0.4, 0.5) is 0 Å². The van der Waals surface area contributed by atoms with Crippen molar-refractivity contribution in [3.63, 3.8) is 0 Å². The van der Waals surface area contributed by atoms with Gasteiger partial charge in [0.2, 0.25) is 0 Å². The van der Waals surface area contributed by atoms with Gasteiger partial charge in [0.1, 0.15) is 5.76 Å². The first-order valence-corrected chi connectivity index (χ1v) is 3.83. The molecule has 0 amide bonds. The maximum atomic E-state index is 5.24. The van der Waals surface area contributed by atoms with Crippen molar-refractivity contribution in [2.24, 2.45) is 5.41 Å². The van der Waals surface area contributed by atoms with Crippen molar-refractivity contribution in [1.82, 2.24) is 0 Å². The van der Waals surface area contributed by atoms with Gasteiger partial charge in [-0.1, -0.05) is 25.5 Å². The summed E-state index contributed by atoms with van der Waals surface area (Å²) in [5.74, 6) is 1.05. The van der Waals surface area contributed by atoms with Crippen LogP contribution in [-0.4, -0.2) is 7.11 Å². The summed E-state index contributed by atoms with van der Waals surface area (Å²) in [6.45, 7) is 8.26. The quantitative estimate of drug-likeness (QED) is 0.560. The van der Waals surface area contributed by atoms with Gasteiger partial charge in [-0.3, -0.25) is 0 Å². The minimum absolute atomic E-state index is 0.126. The summed E-state index contributed by atoms with van der Waals surface area (Å²) in [7, 11) is 1.72. The van der Waals surface area contributed by atoms with Gasteiger partial charge in [0.25, 0.3) is 0 Å². The molecule has 61 valence electrons. The molecule has 11 heavy (non-hydrogen) atoms. The van der Waals surface area contributed by atoms with E-state index >= 15 is 0 Å². The van der Waals surface area contributed by atoms with Gasteiger partial charge in [-0.2, -0.15) is 0 Å². The zero-order valence-corrected chi connectivity index (χ0v) is 7.48. The van der Waals surface area contributed by atoms with Crippen LogP contribution in [0.15, 0.2) is 23.5 Å². The molecule has 0 atom stereocenters. The Labute approximate surface area is 68.8 Å². The SMILES string of the molecule is [CH2]C1=CC=C(OC)C(C)(C)C1. The summed E-state index contributed by atoms with van der Waals surface area (Å²) < 4.78 is 5.24. The number of methoxy groups -OCH3 is 1. The van der Waals surface area contributed by atoms with E-state index in [4.69, 9.17) is 4.74 Å². The third kappa shape index (κ3) is 1.65. The summed E-state index contributed by atoms with van der Waals surface area (Å²) in [4.78, 5) is 0. The Hall–Kier alpha value is -0.720. The number of ether oxygens (including phenoxy) is 1. The Morgan fingerprint density at radius 3 is 2.55 bits per heavy atom. The molecule has 0 aromatic carbocycles. The minimum Gasteiger partial charge on any atom is -0.501 e. The molecule has 1 aliphatic rings. The molecule has 0 N–H and O–H groups in total.